The Labute approximate surface area is 182 Å². The second-order valence-electron chi connectivity index (χ2n) is 8.73. The lowest BCUT2D eigenvalue weighted by atomic mass is 9.73. The molecule has 2 N–H and O–H groups in total. The first-order valence-electron chi connectivity index (χ1n) is 10.1. The van der Waals surface area contributed by atoms with Gasteiger partial charge in [-0.1, -0.05) is 49.7 Å². The van der Waals surface area contributed by atoms with Crippen LogP contribution < -0.4 is 15.5 Å². The number of benzene rings is 2. The number of nitrogens with zero attached hydrogens (tertiary/aromatic N) is 1. The van der Waals surface area contributed by atoms with E-state index in [0.29, 0.717) is 11.4 Å². The highest BCUT2D eigenvalue weighted by Gasteiger charge is 2.41. The molecule has 1 heterocycles. The average Bonchev–Trinajstić information content (AvgIpc) is 2.82. The maximum absolute atomic E-state index is 13.4. The third-order valence-corrected chi connectivity index (χ3v) is 6.03. The van der Waals surface area contributed by atoms with E-state index >= 15 is 0 Å². The SMILES string of the molecule is CNC(=O)CN1c2ccccc2NC2=C(C(=O)CC(C)(C)C2)[C@@H]1c1ccc(Cl)cc1. The van der Waals surface area contributed by atoms with Crippen LogP contribution in [0.1, 0.15) is 38.3 Å². The van der Waals surface area contributed by atoms with E-state index in [1.165, 1.54) is 0 Å². The number of rotatable bonds is 3. The van der Waals surface area contributed by atoms with Crippen LogP contribution in [0.3, 0.4) is 0 Å². The zero-order chi connectivity index (χ0) is 21.5. The summed E-state index contributed by atoms with van der Waals surface area (Å²) in [7, 11) is 1.63. The van der Waals surface area contributed by atoms with E-state index in [4.69, 9.17) is 11.6 Å². The molecule has 1 atom stereocenters. The molecule has 2 aromatic rings. The van der Waals surface area contributed by atoms with E-state index in [-0.39, 0.29) is 29.7 Å². The van der Waals surface area contributed by atoms with Gasteiger partial charge in [0.2, 0.25) is 5.91 Å². The smallest absolute Gasteiger partial charge is 0.239 e. The molecule has 0 saturated heterocycles. The molecule has 0 radical (unpaired) electrons. The Hall–Kier alpha value is -2.79. The summed E-state index contributed by atoms with van der Waals surface area (Å²) in [5.41, 5.74) is 4.26. The van der Waals surface area contributed by atoms with Crippen molar-refractivity contribution >= 4 is 34.7 Å². The van der Waals surface area contributed by atoms with Crippen molar-refractivity contribution in [3.05, 3.63) is 70.4 Å². The molecular weight excluding hydrogens is 398 g/mol. The summed E-state index contributed by atoms with van der Waals surface area (Å²) in [4.78, 5) is 27.9. The first kappa shape index (κ1) is 20.5. The van der Waals surface area contributed by atoms with Crippen LogP contribution >= 0.6 is 11.6 Å². The molecular formula is C24H26ClN3O2. The maximum atomic E-state index is 13.4. The molecule has 2 aromatic carbocycles. The molecule has 0 fully saturated rings. The molecule has 30 heavy (non-hydrogen) atoms. The summed E-state index contributed by atoms with van der Waals surface area (Å²) in [5.74, 6) is -0.000169. The summed E-state index contributed by atoms with van der Waals surface area (Å²) >= 11 is 6.14. The average molecular weight is 424 g/mol. The molecule has 1 aliphatic carbocycles. The minimum absolute atomic E-state index is 0.114. The number of carbonyl (C=O) groups is 2. The molecule has 2 aliphatic rings. The van der Waals surface area contributed by atoms with Gasteiger partial charge in [0, 0.05) is 29.8 Å². The second-order valence-corrected chi connectivity index (χ2v) is 9.17. The Morgan fingerprint density at radius 3 is 2.57 bits per heavy atom. The zero-order valence-corrected chi connectivity index (χ0v) is 18.2. The van der Waals surface area contributed by atoms with Gasteiger partial charge in [-0.3, -0.25) is 9.59 Å². The lowest BCUT2D eigenvalue weighted by Gasteiger charge is -2.37. The quantitative estimate of drug-likeness (QED) is 0.751. The number of allylic oxidation sites excluding steroid dienone is 1. The highest BCUT2D eigenvalue weighted by Crippen LogP contribution is 2.48. The fourth-order valence-corrected chi connectivity index (χ4v) is 4.58. The van der Waals surface area contributed by atoms with Crippen LogP contribution in [0.5, 0.6) is 0 Å². The van der Waals surface area contributed by atoms with Gasteiger partial charge in [0.25, 0.3) is 0 Å². The lowest BCUT2D eigenvalue weighted by Crippen LogP contribution is -2.41. The topological polar surface area (TPSA) is 61.4 Å². The van der Waals surface area contributed by atoms with Gasteiger partial charge in [-0.15, -0.1) is 0 Å². The molecule has 0 bridgehead atoms. The van der Waals surface area contributed by atoms with Crippen molar-refractivity contribution < 1.29 is 9.59 Å². The molecule has 6 heteroatoms. The highest BCUT2D eigenvalue weighted by molar-refractivity contribution is 6.30. The van der Waals surface area contributed by atoms with Crippen molar-refractivity contribution in [1.82, 2.24) is 5.32 Å². The van der Waals surface area contributed by atoms with Crippen molar-refractivity contribution in [2.75, 3.05) is 23.8 Å². The lowest BCUT2D eigenvalue weighted by molar-refractivity contribution is -0.120. The number of hydrogen-bond acceptors (Lipinski definition) is 4. The summed E-state index contributed by atoms with van der Waals surface area (Å²) in [5, 5.41) is 6.89. The largest absolute Gasteiger partial charge is 0.358 e. The number of carbonyl (C=O) groups excluding carboxylic acids is 2. The molecule has 0 saturated carbocycles. The van der Waals surface area contributed by atoms with Gasteiger partial charge in [-0.25, -0.2) is 0 Å². The Bertz CT molecular complexity index is 1030. The predicted molar refractivity (Wildman–Crippen MR) is 121 cm³/mol. The van der Waals surface area contributed by atoms with E-state index in [1.54, 1.807) is 7.05 Å². The van der Waals surface area contributed by atoms with Gasteiger partial charge in [0.05, 0.1) is 24.0 Å². The number of likely N-dealkylation sites (N-methyl/N-ethyl adjacent to an activating group) is 1. The molecule has 0 spiro atoms. The number of para-hydroxylation sites is 2. The van der Waals surface area contributed by atoms with Crippen molar-refractivity contribution in [3.8, 4) is 0 Å². The number of nitrogens with one attached hydrogen (secondary N) is 2. The van der Waals surface area contributed by atoms with Crippen molar-refractivity contribution in [3.63, 3.8) is 0 Å². The number of amides is 1. The molecule has 5 nitrogen and oxygen atoms in total. The van der Waals surface area contributed by atoms with E-state index in [0.717, 1.165) is 34.6 Å². The fourth-order valence-electron chi connectivity index (χ4n) is 4.45. The van der Waals surface area contributed by atoms with E-state index in [1.807, 2.05) is 53.4 Å². The van der Waals surface area contributed by atoms with Crippen LogP contribution in [0.4, 0.5) is 11.4 Å². The van der Waals surface area contributed by atoms with Gasteiger partial charge in [-0.2, -0.15) is 0 Å². The summed E-state index contributed by atoms with van der Waals surface area (Å²) in [6, 6.07) is 15.1. The van der Waals surface area contributed by atoms with Crippen LogP contribution in [-0.2, 0) is 9.59 Å². The fraction of sp³-hybridized carbons (Fsp3) is 0.333. The molecule has 1 amide bonds. The first-order valence-corrected chi connectivity index (χ1v) is 10.5. The van der Waals surface area contributed by atoms with Crippen LogP contribution in [0, 0.1) is 5.41 Å². The number of Topliss-reactive ketones (excluding diaryl/α,β-unsaturated/α-hetero) is 1. The van der Waals surface area contributed by atoms with Crippen molar-refractivity contribution in [1.29, 1.82) is 0 Å². The van der Waals surface area contributed by atoms with Crippen LogP contribution in [0.25, 0.3) is 0 Å². The van der Waals surface area contributed by atoms with Crippen LogP contribution in [0.2, 0.25) is 5.02 Å². The van der Waals surface area contributed by atoms with E-state index in [2.05, 4.69) is 24.5 Å². The summed E-state index contributed by atoms with van der Waals surface area (Å²) in [6.45, 7) is 4.37. The first-order chi connectivity index (χ1) is 14.3. The molecule has 4 rings (SSSR count). The van der Waals surface area contributed by atoms with Gasteiger partial charge in [0.1, 0.15) is 0 Å². The van der Waals surface area contributed by atoms with Gasteiger partial charge < -0.3 is 15.5 Å². The van der Waals surface area contributed by atoms with E-state index in [9.17, 15) is 9.59 Å². The number of ketones is 1. The van der Waals surface area contributed by atoms with Gasteiger partial charge in [0.15, 0.2) is 5.78 Å². The molecule has 1 aliphatic heterocycles. The van der Waals surface area contributed by atoms with Crippen molar-refractivity contribution in [2.24, 2.45) is 5.41 Å². The van der Waals surface area contributed by atoms with Gasteiger partial charge in [-0.05, 0) is 41.7 Å². The maximum Gasteiger partial charge on any atom is 0.239 e. The van der Waals surface area contributed by atoms with E-state index < -0.39 is 0 Å². The normalized spacial score (nSPS) is 20.1. The summed E-state index contributed by atoms with van der Waals surface area (Å²) in [6.07, 6.45) is 1.24. The Morgan fingerprint density at radius 2 is 1.87 bits per heavy atom. The molecule has 0 unspecified atom stereocenters. The van der Waals surface area contributed by atoms with Crippen LogP contribution in [-0.4, -0.2) is 25.3 Å². The third-order valence-electron chi connectivity index (χ3n) is 5.78. The van der Waals surface area contributed by atoms with Crippen LogP contribution in [0.15, 0.2) is 59.8 Å². The molecule has 0 aromatic heterocycles. The zero-order valence-electron chi connectivity index (χ0n) is 17.5. The number of hydrogen-bond donors (Lipinski definition) is 2. The highest BCUT2D eigenvalue weighted by atomic mass is 35.5. The third kappa shape index (κ3) is 3.82. The number of fused-ring (bicyclic) bond motifs is 1. The Balaban J connectivity index is 1.96. The summed E-state index contributed by atoms with van der Waals surface area (Å²) < 4.78 is 0. The minimum Gasteiger partial charge on any atom is -0.358 e. The Kier molecular flexibility index (Phi) is 5.33. The van der Waals surface area contributed by atoms with Crippen molar-refractivity contribution in [2.45, 2.75) is 32.7 Å². The number of anilines is 2. The van der Waals surface area contributed by atoms with Gasteiger partial charge >= 0.3 is 0 Å². The molecule has 156 valence electrons. The monoisotopic (exact) mass is 423 g/mol. The minimum atomic E-state index is -0.380. The predicted octanol–water partition coefficient (Wildman–Crippen LogP) is 4.70. The second kappa shape index (κ2) is 7.80. The Morgan fingerprint density at radius 1 is 1.17 bits per heavy atom. The number of halogens is 1. The standard InChI is InChI=1S/C24H26ClN3O2/c1-24(2)12-18-22(20(29)13-24)23(15-8-10-16(25)11-9-15)28(14-21(30)26-3)19-7-5-4-6-17(19)27-18/h4-11,23,27H,12-14H2,1-3H3,(H,26,30)/t23-/m0/s1.